The normalized spacial score (nSPS) is 16.7. The Morgan fingerprint density at radius 3 is 2.26 bits per heavy atom. The molecule has 2 aromatic carbocycles. The monoisotopic (exact) mass is 537 g/mol. The van der Waals surface area contributed by atoms with Gasteiger partial charge >= 0.3 is 13.6 Å². The molecular weight excluding hydrogens is 509 g/mol. The first-order valence-electron chi connectivity index (χ1n) is 12.0. The minimum atomic E-state index is -4.18. The van der Waals surface area contributed by atoms with Crippen molar-refractivity contribution < 1.29 is 28.1 Å². The van der Waals surface area contributed by atoms with Crippen LogP contribution in [-0.2, 0) is 11.1 Å². The third kappa shape index (κ3) is 7.00. The van der Waals surface area contributed by atoms with Crippen molar-refractivity contribution in [3.8, 4) is 11.5 Å². The molecular formula is C27H28N3O7P. The second kappa shape index (κ2) is 12.4. The van der Waals surface area contributed by atoms with E-state index in [4.69, 9.17) is 13.5 Å². The zero-order valence-electron chi connectivity index (χ0n) is 20.6. The third-order valence-corrected chi connectivity index (χ3v) is 7.06. The van der Waals surface area contributed by atoms with Gasteiger partial charge in [-0.15, -0.1) is 11.3 Å². The van der Waals surface area contributed by atoms with Crippen molar-refractivity contribution >= 4 is 19.5 Å². The molecule has 1 aliphatic heterocycles. The van der Waals surface area contributed by atoms with Crippen molar-refractivity contribution in [1.29, 1.82) is 0 Å². The van der Waals surface area contributed by atoms with Gasteiger partial charge in [0.15, 0.2) is 0 Å². The van der Waals surface area contributed by atoms with Crippen molar-refractivity contribution in [3.05, 3.63) is 113 Å². The number of aliphatic hydroxyl groups is 1. The largest absolute Gasteiger partial charge is 0.564 e. The molecule has 198 valence electrons. The van der Waals surface area contributed by atoms with Crippen molar-refractivity contribution in [2.24, 2.45) is 4.76 Å². The van der Waals surface area contributed by atoms with Gasteiger partial charge in [0.25, 0.3) is 0 Å². The Hall–Kier alpha value is -4.14. The van der Waals surface area contributed by atoms with Crippen LogP contribution in [0.1, 0.15) is 25.0 Å². The molecule has 0 bridgehead atoms. The van der Waals surface area contributed by atoms with Crippen LogP contribution in [0.25, 0.3) is 0 Å². The molecule has 1 unspecified atom stereocenters. The number of para-hydroxylation sites is 2. The summed E-state index contributed by atoms with van der Waals surface area (Å²) < 4.78 is 35.8. The highest BCUT2D eigenvalue weighted by Gasteiger charge is 2.34. The topological polar surface area (TPSA) is 128 Å². The predicted molar refractivity (Wildman–Crippen MR) is 143 cm³/mol. The summed E-state index contributed by atoms with van der Waals surface area (Å²) in [6, 6.07) is 19.6. The Kier molecular flexibility index (Phi) is 8.78. The van der Waals surface area contributed by atoms with Crippen molar-refractivity contribution in [3.63, 3.8) is 0 Å². The molecule has 1 N–H and O–H groups in total. The average Bonchev–Trinajstić information content (AvgIpc) is 3.38. The van der Waals surface area contributed by atoms with Gasteiger partial charge in [-0.25, -0.2) is 4.57 Å². The molecule has 2 heterocycles. The number of hydrogen-bond acceptors (Lipinski definition) is 7. The first-order valence-corrected chi connectivity index (χ1v) is 13.5. The predicted octanol–water partition coefficient (Wildman–Crippen LogP) is 6.31. The SMILES string of the molecule is C=CC1C=C(CCCO)C/C(=N/P(=O)(Oc2ccccc2)Oc2ccccc2)N1Cc1ccc([N+](=O)[O-])o1. The Labute approximate surface area is 220 Å². The molecule has 3 aromatic rings. The standard InChI is InChI=1S/C27H28N3O7P/c1-2-22-18-21(10-9-17-31)19-26(29(22)20-25-15-16-27(35-25)30(32)33)28-38(34,36-23-11-5-3-6-12-23)37-24-13-7-4-8-14-24/h2-8,11-16,18,22,31H,1,9-10,17,19-20H2/b28-26-. The van der Waals surface area contributed by atoms with E-state index in [1.807, 2.05) is 6.08 Å². The van der Waals surface area contributed by atoms with E-state index >= 15 is 0 Å². The van der Waals surface area contributed by atoms with E-state index in [1.165, 1.54) is 12.1 Å². The Balaban J connectivity index is 1.75. The molecule has 0 spiro atoms. The fourth-order valence-corrected chi connectivity index (χ4v) is 5.34. The lowest BCUT2D eigenvalue weighted by atomic mass is 9.97. The summed E-state index contributed by atoms with van der Waals surface area (Å²) in [4.78, 5) is 12.3. The van der Waals surface area contributed by atoms with Gasteiger partial charge in [-0.3, -0.25) is 10.1 Å². The second-order valence-corrected chi connectivity index (χ2v) is 9.98. The van der Waals surface area contributed by atoms with E-state index in [1.54, 1.807) is 71.6 Å². The number of furan rings is 1. The highest BCUT2D eigenvalue weighted by Crippen LogP contribution is 2.51. The van der Waals surface area contributed by atoms with E-state index in [-0.39, 0.29) is 25.1 Å². The summed E-state index contributed by atoms with van der Waals surface area (Å²) >= 11 is 0. The quantitative estimate of drug-likeness (QED) is 0.123. The van der Waals surface area contributed by atoms with Crippen LogP contribution < -0.4 is 9.05 Å². The number of hydrogen-bond donors (Lipinski definition) is 1. The number of benzene rings is 2. The Bertz CT molecular complexity index is 1310. The van der Waals surface area contributed by atoms with Crippen LogP contribution in [-0.4, -0.2) is 33.4 Å². The van der Waals surface area contributed by atoms with E-state index in [9.17, 15) is 19.8 Å². The molecule has 38 heavy (non-hydrogen) atoms. The Morgan fingerprint density at radius 1 is 1.11 bits per heavy atom. The fraction of sp³-hybridized carbons (Fsp3) is 0.222. The molecule has 0 saturated heterocycles. The molecule has 0 aliphatic carbocycles. The molecule has 1 aromatic heterocycles. The van der Waals surface area contributed by atoms with Gasteiger partial charge in [0.05, 0.1) is 18.7 Å². The number of aliphatic hydroxyl groups excluding tert-OH is 1. The summed E-state index contributed by atoms with van der Waals surface area (Å²) in [5.74, 6) is 0.953. The summed E-state index contributed by atoms with van der Waals surface area (Å²) in [5.41, 5.74) is 0.968. The molecule has 1 atom stereocenters. The van der Waals surface area contributed by atoms with Crippen molar-refractivity contribution in [2.75, 3.05) is 6.61 Å². The third-order valence-electron chi connectivity index (χ3n) is 5.70. The van der Waals surface area contributed by atoms with Crippen LogP contribution in [0.3, 0.4) is 0 Å². The number of nitro groups is 1. The molecule has 10 nitrogen and oxygen atoms in total. The van der Waals surface area contributed by atoms with Crippen LogP contribution in [0.5, 0.6) is 11.5 Å². The molecule has 0 fully saturated rings. The van der Waals surface area contributed by atoms with Crippen LogP contribution >= 0.6 is 7.75 Å². The first-order chi connectivity index (χ1) is 18.4. The van der Waals surface area contributed by atoms with Gasteiger partial charge in [0.1, 0.15) is 28.0 Å². The van der Waals surface area contributed by atoms with Gasteiger partial charge in [-0.2, -0.15) is 0 Å². The zero-order valence-corrected chi connectivity index (χ0v) is 21.5. The summed E-state index contributed by atoms with van der Waals surface area (Å²) in [6.07, 6.45) is 5.12. The highest BCUT2D eigenvalue weighted by atomic mass is 31.2. The summed E-state index contributed by atoms with van der Waals surface area (Å²) in [6.45, 7) is 4.05. The van der Waals surface area contributed by atoms with E-state index in [2.05, 4.69) is 11.3 Å². The van der Waals surface area contributed by atoms with Gasteiger partial charge < -0.3 is 23.5 Å². The van der Waals surface area contributed by atoms with Crippen LogP contribution in [0, 0.1) is 10.1 Å². The average molecular weight is 538 g/mol. The Morgan fingerprint density at radius 2 is 1.74 bits per heavy atom. The van der Waals surface area contributed by atoms with Crippen LogP contribution in [0.15, 0.2) is 106 Å². The molecule has 4 rings (SSSR count). The van der Waals surface area contributed by atoms with E-state index in [0.29, 0.717) is 42.4 Å². The minimum absolute atomic E-state index is 0.0229. The maximum absolute atomic E-state index is 14.2. The number of nitrogens with zero attached hydrogens (tertiary/aromatic N) is 3. The smallest absolute Gasteiger partial charge is 0.404 e. The van der Waals surface area contributed by atoms with E-state index in [0.717, 1.165) is 5.57 Å². The minimum Gasteiger partial charge on any atom is -0.404 e. The first kappa shape index (κ1) is 26.9. The highest BCUT2D eigenvalue weighted by molar-refractivity contribution is 7.53. The molecule has 0 amide bonds. The lowest BCUT2D eigenvalue weighted by Gasteiger charge is -2.35. The lowest BCUT2D eigenvalue weighted by molar-refractivity contribution is -0.402. The van der Waals surface area contributed by atoms with Gasteiger partial charge in [0.2, 0.25) is 0 Å². The second-order valence-electron chi connectivity index (χ2n) is 8.47. The molecule has 0 radical (unpaired) electrons. The molecule has 11 heteroatoms. The summed E-state index contributed by atoms with van der Waals surface area (Å²) in [7, 11) is -4.18. The molecule has 1 aliphatic rings. The number of rotatable bonds is 12. The van der Waals surface area contributed by atoms with Crippen molar-refractivity contribution in [1.82, 2.24) is 4.90 Å². The number of amidine groups is 1. The maximum Gasteiger partial charge on any atom is 0.564 e. The van der Waals surface area contributed by atoms with E-state index < -0.39 is 12.7 Å². The zero-order chi connectivity index (χ0) is 27.0. The summed E-state index contributed by atoms with van der Waals surface area (Å²) in [5, 5.41) is 20.5. The fourth-order valence-electron chi connectivity index (χ4n) is 3.98. The van der Waals surface area contributed by atoms with Crippen LogP contribution in [0.4, 0.5) is 5.88 Å². The van der Waals surface area contributed by atoms with Gasteiger partial charge in [-0.1, -0.05) is 54.1 Å². The lowest BCUT2D eigenvalue weighted by Crippen LogP contribution is -2.41. The molecule has 0 saturated carbocycles. The van der Waals surface area contributed by atoms with Gasteiger partial charge in [-0.05, 0) is 43.2 Å². The van der Waals surface area contributed by atoms with Crippen LogP contribution in [0.2, 0.25) is 0 Å². The maximum atomic E-state index is 14.2. The van der Waals surface area contributed by atoms with Crippen molar-refractivity contribution in [2.45, 2.75) is 31.8 Å². The van der Waals surface area contributed by atoms with Gasteiger partial charge in [0, 0.05) is 13.0 Å².